The minimum Gasteiger partial charge on any atom is -0.494 e. The largest absolute Gasteiger partial charge is 0.494 e. The molecule has 4 aromatic rings. The predicted molar refractivity (Wildman–Crippen MR) is 308 cm³/mol. The molecule has 25 nitrogen and oxygen atoms in total. The summed E-state index contributed by atoms with van der Waals surface area (Å²) in [5.74, 6) is -5.44. The van der Waals surface area contributed by atoms with Crippen LogP contribution in [0.1, 0.15) is 118 Å². The van der Waals surface area contributed by atoms with Crippen molar-refractivity contribution in [2.24, 2.45) is 34.4 Å². The molecule has 0 radical (unpaired) electrons. The number of benzene rings is 4. The van der Waals surface area contributed by atoms with Crippen molar-refractivity contribution in [2.75, 3.05) is 75.9 Å². The number of nitrogens with two attached hydrogens (primary N) is 6. The number of unbranched alkanes of at least 4 members (excludes halogenated alkanes) is 4. The molecule has 0 saturated carbocycles. The number of hydrogen-bond acceptors (Lipinski definition) is 17. The van der Waals surface area contributed by atoms with Crippen molar-refractivity contribution in [3.05, 3.63) is 95.1 Å². The summed E-state index contributed by atoms with van der Waals surface area (Å²) in [6.07, 6.45) is 5.13. The molecule has 8 amide bonds. The lowest BCUT2D eigenvalue weighted by Gasteiger charge is -2.23. The molecule has 25 heteroatoms. The average Bonchev–Trinajstić information content (AvgIpc) is 3.50. The second-order valence-electron chi connectivity index (χ2n) is 18.7. The van der Waals surface area contributed by atoms with E-state index in [4.69, 9.17) is 53.3 Å². The fourth-order valence-electron chi connectivity index (χ4n) is 8.67. The molecule has 0 bridgehead atoms. The fourth-order valence-corrected chi connectivity index (χ4v) is 8.67. The average molecular weight is 1130 g/mol. The van der Waals surface area contributed by atoms with Gasteiger partial charge in [-0.2, -0.15) is 0 Å². The van der Waals surface area contributed by atoms with Crippen LogP contribution in [0.2, 0.25) is 0 Å². The van der Waals surface area contributed by atoms with Gasteiger partial charge < -0.3 is 90.6 Å². The van der Waals surface area contributed by atoms with E-state index in [0.717, 1.165) is 0 Å². The molecule has 4 atom stereocenters. The number of rotatable bonds is 35. The van der Waals surface area contributed by atoms with E-state index in [0.29, 0.717) is 84.0 Å². The van der Waals surface area contributed by atoms with Crippen LogP contribution in [-0.4, -0.2) is 126 Å². The normalized spacial score (nSPS) is 12.3. The van der Waals surface area contributed by atoms with Crippen LogP contribution < -0.4 is 90.6 Å². The Hall–Kier alpha value is -8.36. The molecule has 81 heavy (non-hydrogen) atoms. The highest BCUT2D eigenvalue weighted by Gasteiger charge is 2.30. The van der Waals surface area contributed by atoms with Crippen LogP contribution in [0.25, 0.3) is 0 Å². The molecule has 4 aromatic carbocycles. The molecular weight excluding hydrogens is 1050 g/mol. The standard InChI is InChI=1S/C56H79N13O12/c1-78-45-33(49(62)70)17-13-25-38(45)64-54(75)42(22-6-10-30-58)67-51(72)35-19-15-27-40(47(35)80-3)66-56(77)44(24-8-12-32-60)69-52(73)36-20-16-28-41(48(36)81-4)65-55(76)43(23-7-11-31-59)68-50(71)34-18-14-26-39(46(34)79-2)63-53(74)37(61)21-5-9-29-57/h13-20,25-28,37,42-44H,5-12,21-24,29-32,57-61H2,1-4H3,(H2,62,70)(H,63,74)(H,64,75)(H,65,76)(H,66,77)(H,67,72)(H,68,71)(H,69,73)/t37-,42-,43-,44-/m1/s1. The Balaban J connectivity index is 1.57. The number of carbonyl (C=O) groups excluding carboxylic acids is 8. The van der Waals surface area contributed by atoms with Gasteiger partial charge in [-0.15, -0.1) is 0 Å². The van der Waals surface area contributed by atoms with Crippen LogP contribution in [0.4, 0.5) is 22.7 Å². The van der Waals surface area contributed by atoms with Gasteiger partial charge in [0, 0.05) is 0 Å². The number of amides is 8. The van der Waals surface area contributed by atoms with Crippen molar-refractivity contribution in [3.8, 4) is 23.0 Å². The summed E-state index contributed by atoms with van der Waals surface area (Å²) < 4.78 is 22.3. The van der Waals surface area contributed by atoms with Crippen LogP contribution in [0.15, 0.2) is 72.8 Å². The molecular formula is C56H79N13O12. The van der Waals surface area contributed by atoms with Crippen LogP contribution >= 0.6 is 0 Å². The number of hydrogen-bond donors (Lipinski definition) is 13. The Morgan fingerprint density at radius 3 is 0.914 bits per heavy atom. The van der Waals surface area contributed by atoms with E-state index in [1.54, 1.807) is 12.1 Å². The highest BCUT2D eigenvalue weighted by Crippen LogP contribution is 2.33. The number of nitrogens with one attached hydrogen (secondary N) is 7. The Kier molecular flexibility index (Phi) is 27.3. The molecule has 0 heterocycles. The molecule has 0 fully saturated rings. The number of carbonyl (C=O) groups is 8. The van der Waals surface area contributed by atoms with Crippen LogP contribution in [-0.2, 0) is 19.2 Å². The first-order chi connectivity index (χ1) is 39.0. The van der Waals surface area contributed by atoms with E-state index in [2.05, 4.69) is 37.2 Å². The van der Waals surface area contributed by atoms with Crippen LogP contribution in [0.3, 0.4) is 0 Å². The van der Waals surface area contributed by atoms with Gasteiger partial charge in [0.05, 0.1) is 79.5 Å². The topological polar surface area (TPSA) is 414 Å². The van der Waals surface area contributed by atoms with Gasteiger partial charge in [-0.3, -0.25) is 38.4 Å². The first-order valence-corrected chi connectivity index (χ1v) is 26.7. The van der Waals surface area contributed by atoms with E-state index in [9.17, 15) is 38.4 Å². The lowest BCUT2D eigenvalue weighted by Crippen LogP contribution is -2.45. The van der Waals surface area contributed by atoms with Crippen LogP contribution in [0.5, 0.6) is 23.0 Å². The zero-order valence-electron chi connectivity index (χ0n) is 46.4. The van der Waals surface area contributed by atoms with Gasteiger partial charge in [-0.25, -0.2) is 0 Å². The monoisotopic (exact) mass is 1130 g/mol. The number of ether oxygens (including phenoxy) is 4. The Labute approximate surface area is 471 Å². The highest BCUT2D eigenvalue weighted by atomic mass is 16.5. The van der Waals surface area contributed by atoms with Crippen molar-refractivity contribution in [1.29, 1.82) is 0 Å². The van der Waals surface area contributed by atoms with Gasteiger partial charge in [0.1, 0.15) is 18.1 Å². The molecule has 440 valence electrons. The number of primary amides is 1. The first kappa shape index (κ1) is 65.2. The van der Waals surface area contributed by atoms with Crippen molar-refractivity contribution in [2.45, 2.75) is 101 Å². The summed E-state index contributed by atoms with van der Waals surface area (Å²) in [4.78, 5) is 110. The quantitative estimate of drug-likeness (QED) is 0.0295. The third-order valence-corrected chi connectivity index (χ3v) is 12.9. The van der Waals surface area contributed by atoms with Gasteiger partial charge >= 0.3 is 0 Å². The third kappa shape index (κ3) is 18.9. The minimum atomic E-state index is -1.20. The molecule has 19 N–H and O–H groups in total. The smallest absolute Gasteiger partial charge is 0.255 e. The van der Waals surface area contributed by atoms with Gasteiger partial charge in [0.15, 0.2) is 23.0 Å². The molecule has 0 spiro atoms. The second kappa shape index (κ2) is 33.9. The summed E-state index contributed by atoms with van der Waals surface area (Å²) in [5, 5.41) is 19.3. The molecule has 0 unspecified atom stereocenters. The van der Waals surface area contributed by atoms with Crippen LogP contribution in [0, 0.1) is 0 Å². The van der Waals surface area contributed by atoms with Crippen molar-refractivity contribution < 1.29 is 57.3 Å². The maximum absolute atomic E-state index is 14.3. The Morgan fingerprint density at radius 1 is 0.383 bits per heavy atom. The van der Waals surface area contributed by atoms with E-state index >= 15 is 0 Å². The minimum absolute atomic E-state index is 0.0242. The fraction of sp³-hybridized carbons (Fsp3) is 0.429. The Morgan fingerprint density at radius 2 is 0.642 bits per heavy atom. The van der Waals surface area contributed by atoms with Gasteiger partial charge in [0.2, 0.25) is 23.6 Å². The zero-order chi connectivity index (χ0) is 59.4. The lowest BCUT2D eigenvalue weighted by atomic mass is 10.0. The molecule has 0 aliphatic carbocycles. The first-order valence-electron chi connectivity index (χ1n) is 26.7. The molecule has 0 saturated heterocycles. The maximum Gasteiger partial charge on any atom is 0.255 e. The lowest BCUT2D eigenvalue weighted by molar-refractivity contribution is -0.118. The SMILES string of the molecule is COc1c(NC(=O)[C@@H](CCCCN)NC(=O)c2cccc(NC(=O)[C@@H](CCCCN)NC(=O)c3cccc(NC(=O)[C@@H](CCCCN)NC(=O)c4cccc(NC(=O)[C@H](N)CCCCN)c4OC)c3OC)c2OC)cccc1C(N)=O. The summed E-state index contributed by atoms with van der Waals surface area (Å²) in [6, 6.07) is 13.6. The maximum atomic E-state index is 14.3. The van der Waals surface area contributed by atoms with Crippen molar-refractivity contribution >= 4 is 70.0 Å². The second-order valence-corrected chi connectivity index (χ2v) is 18.7. The number of methoxy groups -OCH3 is 4. The highest BCUT2D eigenvalue weighted by molar-refractivity contribution is 6.09. The molecule has 0 aliphatic heterocycles. The van der Waals surface area contributed by atoms with Gasteiger partial charge in [0.25, 0.3) is 23.6 Å². The number of para-hydroxylation sites is 4. The number of anilines is 4. The van der Waals surface area contributed by atoms with Gasteiger partial charge in [-0.1, -0.05) is 30.7 Å². The van der Waals surface area contributed by atoms with E-state index in [1.165, 1.54) is 89.1 Å². The summed E-state index contributed by atoms with van der Waals surface area (Å²) >= 11 is 0. The Bertz CT molecular complexity index is 2800. The van der Waals surface area contributed by atoms with E-state index in [-0.39, 0.29) is 87.3 Å². The molecule has 4 rings (SSSR count). The van der Waals surface area contributed by atoms with Crippen molar-refractivity contribution in [3.63, 3.8) is 0 Å². The van der Waals surface area contributed by atoms with E-state index in [1.807, 2.05) is 0 Å². The molecule has 0 aliphatic rings. The summed E-state index contributed by atoms with van der Waals surface area (Å²) in [6.45, 7) is 1.44. The van der Waals surface area contributed by atoms with Crippen molar-refractivity contribution in [1.82, 2.24) is 16.0 Å². The molecule has 0 aromatic heterocycles. The summed E-state index contributed by atoms with van der Waals surface area (Å²) in [7, 11) is 5.25. The zero-order valence-corrected chi connectivity index (χ0v) is 46.4. The third-order valence-electron chi connectivity index (χ3n) is 12.9. The predicted octanol–water partition coefficient (Wildman–Crippen LogP) is 2.81. The van der Waals surface area contributed by atoms with Gasteiger partial charge in [-0.05, 0) is 145 Å². The van der Waals surface area contributed by atoms with E-state index < -0.39 is 71.4 Å². The summed E-state index contributed by atoms with van der Waals surface area (Å²) in [5.41, 5.74) is 35.0.